The van der Waals surface area contributed by atoms with E-state index in [0.717, 1.165) is 19.5 Å². The molecular formula is C7H11N. The van der Waals surface area contributed by atoms with Crippen molar-refractivity contribution in [3.63, 3.8) is 0 Å². The number of nitrogens with one attached hydrogen (secondary N) is 1. The zero-order chi connectivity index (χ0) is 5.82. The van der Waals surface area contributed by atoms with E-state index in [4.69, 9.17) is 0 Å². The molecule has 0 saturated carbocycles. The molecule has 0 atom stereocenters. The van der Waals surface area contributed by atoms with Gasteiger partial charge in [-0.2, -0.15) is 0 Å². The van der Waals surface area contributed by atoms with Crippen molar-refractivity contribution >= 4 is 0 Å². The van der Waals surface area contributed by atoms with E-state index < -0.39 is 0 Å². The van der Waals surface area contributed by atoms with Gasteiger partial charge < -0.3 is 5.32 Å². The zero-order valence-electron chi connectivity index (χ0n) is 4.98. The van der Waals surface area contributed by atoms with Crippen molar-refractivity contribution in [1.29, 1.82) is 0 Å². The monoisotopic (exact) mass is 109 g/mol. The summed E-state index contributed by atoms with van der Waals surface area (Å²) in [6.07, 6.45) is 5.29. The molecule has 1 aliphatic rings. The highest BCUT2D eigenvalue weighted by molar-refractivity contribution is 5.19. The lowest BCUT2D eigenvalue weighted by atomic mass is 10.1. The maximum atomic E-state index is 3.68. The third-order valence-corrected chi connectivity index (χ3v) is 1.32. The van der Waals surface area contributed by atoms with Crippen molar-refractivity contribution in [2.75, 3.05) is 13.1 Å². The molecule has 0 aromatic rings. The molecule has 1 heteroatoms. The van der Waals surface area contributed by atoms with Gasteiger partial charge in [0, 0.05) is 6.54 Å². The van der Waals surface area contributed by atoms with Gasteiger partial charge in [0.25, 0.3) is 0 Å². The van der Waals surface area contributed by atoms with E-state index in [2.05, 4.69) is 18.0 Å². The van der Waals surface area contributed by atoms with Gasteiger partial charge in [-0.3, -0.25) is 0 Å². The molecule has 0 aromatic carbocycles. The van der Waals surface area contributed by atoms with Gasteiger partial charge in [-0.1, -0.05) is 18.7 Å². The summed E-state index contributed by atoms with van der Waals surface area (Å²) in [6.45, 7) is 5.80. The lowest BCUT2D eigenvalue weighted by molar-refractivity contribution is 0.712. The van der Waals surface area contributed by atoms with E-state index in [9.17, 15) is 0 Å². The first-order valence-electron chi connectivity index (χ1n) is 2.95. The Morgan fingerprint density at radius 3 is 3.00 bits per heavy atom. The second-order valence-electron chi connectivity index (χ2n) is 1.95. The van der Waals surface area contributed by atoms with E-state index in [0.29, 0.717) is 0 Å². The molecule has 1 rings (SSSR count). The Kier molecular flexibility index (Phi) is 1.86. The van der Waals surface area contributed by atoms with Crippen LogP contribution in [0.2, 0.25) is 0 Å². The van der Waals surface area contributed by atoms with Crippen LogP contribution in [-0.2, 0) is 0 Å². The molecule has 0 aromatic heterocycles. The molecule has 0 aliphatic carbocycles. The van der Waals surface area contributed by atoms with Gasteiger partial charge in [0.2, 0.25) is 0 Å². The van der Waals surface area contributed by atoms with Crippen LogP contribution in [0.15, 0.2) is 24.3 Å². The maximum absolute atomic E-state index is 3.68. The molecule has 0 bridgehead atoms. The maximum Gasteiger partial charge on any atom is 0.0202 e. The SMILES string of the molecule is C=CC1=CCCNC1. The molecule has 0 saturated heterocycles. The Bertz CT molecular complexity index is 114. The van der Waals surface area contributed by atoms with E-state index in [1.165, 1.54) is 5.57 Å². The van der Waals surface area contributed by atoms with Gasteiger partial charge in [0.1, 0.15) is 0 Å². The van der Waals surface area contributed by atoms with Gasteiger partial charge >= 0.3 is 0 Å². The molecule has 0 amide bonds. The molecule has 1 heterocycles. The predicted molar refractivity (Wildman–Crippen MR) is 35.8 cm³/mol. The molecule has 1 nitrogen and oxygen atoms in total. The minimum absolute atomic E-state index is 1.00. The Morgan fingerprint density at radius 1 is 1.75 bits per heavy atom. The van der Waals surface area contributed by atoms with Crippen LogP contribution in [0.1, 0.15) is 6.42 Å². The highest BCUT2D eigenvalue weighted by Gasteiger charge is 1.95. The molecule has 0 fully saturated rings. The summed E-state index contributed by atoms with van der Waals surface area (Å²) in [5, 5.41) is 3.25. The molecule has 1 aliphatic heterocycles. The average molecular weight is 109 g/mol. The second-order valence-corrected chi connectivity index (χ2v) is 1.95. The topological polar surface area (TPSA) is 12.0 Å². The van der Waals surface area contributed by atoms with Crippen LogP contribution in [0.3, 0.4) is 0 Å². The summed E-state index contributed by atoms with van der Waals surface area (Å²) in [6, 6.07) is 0. The number of hydrogen-bond acceptors (Lipinski definition) is 1. The summed E-state index contributed by atoms with van der Waals surface area (Å²) in [7, 11) is 0. The normalized spacial score (nSPS) is 19.8. The van der Waals surface area contributed by atoms with Crippen LogP contribution in [0.4, 0.5) is 0 Å². The summed E-state index contributed by atoms with van der Waals surface area (Å²) in [4.78, 5) is 0. The fraction of sp³-hybridized carbons (Fsp3) is 0.429. The van der Waals surface area contributed by atoms with E-state index in [-0.39, 0.29) is 0 Å². The Balaban J connectivity index is 2.49. The van der Waals surface area contributed by atoms with Crippen LogP contribution >= 0.6 is 0 Å². The number of hydrogen-bond donors (Lipinski definition) is 1. The van der Waals surface area contributed by atoms with Crippen LogP contribution in [0, 0.1) is 0 Å². The van der Waals surface area contributed by atoms with Crippen molar-refractivity contribution in [2.24, 2.45) is 0 Å². The highest BCUT2D eigenvalue weighted by atomic mass is 14.9. The van der Waals surface area contributed by atoms with Crippen LogP contribution in [0.5, 0.6) is 0 Å². The molecule has 0 unspecified atom stereocenters. The minimum Gasteiger partial charge on any atom is -0.312 e. The third kappa shape index (κ3) is 1.20. The van der Waals surface area contributed by atoms with Crippen molar-refractivity contribution in [3.05, 3.63) is 24.3 Å². The highest BCUT2D eigenvalue weighted by Crippen LogP contribution is 1.99. The molecule has 0 radical (unpaired) electrons. The molecule has 0 spiro atoms. The van der Waals surface area contributed by atoms with Gasteiger partial charge in [0.15, 0.2) is 0 Å². The largest absolute Gasteiger partial charge is 0.312 e. The standard InChI is InChI=1S/C7H11N/c1-2-7-4-3-5-8-6-7/h2,4,8H,1,3,5-6H2. The molecule has 1 N–H and O–H groups in total. The van der Waals surface area contributed by atoms with Crippen molar-refractivity contribution in [1.82, 2.24) is 5.32 Å². The third-order valence-electron chi connectivity index (χ3n) is 1.32. The minimum atomic E-state index is 1.00. The summed E-state index contributed by atoms with van der Waals surface area (Å²) in [5.41, 5.74) is 1.33. The first-order chi connectivity index (χ1) is 3.93. The Hall–Kier alpha value is -0.560. The second kappa shape index (κ2) is 2.68. The first-order valence-corrected chi connectivity index (χ1v) is 2.95. The van der Waals surface area contributed by atoms with Gasteiger partial charge in [0.05, 0.1) is 0 Å². The van der Waals surface area contributed by atoms with Gasteiger partial charge in [-0.05, 0) is 18.5 Å². The van der Waals surface area contributed by atoms with Crippen molar-refractivity contribution in [3.8, 4) is 0 Å². The smallest absolute Gasteiger partial charge is 0.0202 e. The zero-order valence-corrected chi connectivity index (χ0v) is 4.98. The fourth-order valence-corrected chi connectivity index (χ4v) is 0.820. The quantitative estimate of drug-likeness (QED) is 0.531. The average Bonchev–Trinajstić information content (AvgIpc) is 1.90. The summed E-state index contributed by atoms with van der Waals surface area (Å²) >= 11 is 0. The lowest BCUT2D eigenvalue weighted by Gasteiger charge is -2.09. The van der Waals surface area contributed by atoms with E-state index in [1.807, 2.05) is 6.08 Å². The summed E-state index contributed by atoms with van der Waals surface area (Å²) in [5.74, 6) is 0. The van der Waals surface area contributed by atoms with Crippen molar-refractivity contribution < 1.29 is 0 Å². The van der Waals surface area contributed by atoms with Crippen molar-refractivity contribution in [2.45, 2.75) is 6.42 Å². The fourth-order valence-electron chi connectivity index (χ4n) is 0.820. The van der Waals surface area contributed by atoms with Crippen LogP contribution in [0.25, 0.3) is 0 Å². The van der Waals surface area contributed by atoms with Gasteiger partial charge in [-0.15, -0.1) is 0 Å². The molecular weight excluding hydrogens is 98.1 g/mol. The lowest BCUT2D eigenvalue weighted by Crippen LogP contribution is -2.21. The Labute approximate surface area is 50.1 Å². The number of rotatable bonds is 1. The summed E-state index contributed by atoms with van der Waals surface area (Å²) < 4.78 is 0. The van der Waals surface area contributed by atoms with Crippen LogP contribution in [-0.4, -0.2) is 13.1 Å². The van der Waals surface area contributed by atoms with E-state index >= 15 is 0 Å². The van der Waals surface area contributed by atoms with E-state index in [1.54, 1.807) is 0 Å². The van der Waals surface area contributed by atoms with Crippen LogP contribution < -0.4 is 5.32 Å². The van der Waals surface area contributed by atoms with Gasteiger partial charge in [-0.25, -0.2) is 0 Å². The molecule has 44 valence electrons. The molecule has 8 heavy (non-hydrogen) atoms. The first kappa shape index (κ1) is 5.57. The predicted octanol–water partition coefficient (Wildman–Crippen LogP) is 1.09. The Morgan fingerprint density at radius 2 is 2.62 bits per heavy atom.